The largest absolute Gasteiger partial charge is 1.00 e. The Hall–Kier alpha value is 0.0513. The molecular formula is C9H8BF3KNO. The smallest absolute Gasteiger partial charge is 0.445 e. The van der Waals surface area contributed by atoms with Crippen LogP contribution >= 0.6 is 0 Å². The average molecular weight is 253 g/mol. The molecule has 0 saturated carbocycles. The van der Waals surface area contributed by atoms with E-state index in [4.69, 9.17) is 0 Å². The fourth-order valence-corrected chi connectivity index (χ4v) is 1.06. The molecule has 2 nitrogen and oxygen atoms in total. The van der Waals surface area contributed by atoms with E-state index in [-0.39, 0.29) is 74.4 Å². The summed E-state index contributed by atoms with van der Waals surface area (Å²) in [4.78, 5) is 14.7. The molecule has 0 aromatic carbocycles. The molecule has 7 heteroatoms. The summed E-state index contributed by atoms with van der Waals surface area (Å²) in [5.41, 5.74) is 0.234. The molecule has 0 aliphatic heterocycles. The SMILES string of the molecule is CC(=O)c1ncccc1/C=C/[B-](F)(F)F.[K+]. The van der Waals surface area contributed by atoms with Crippen molar-refractivity contribution in [1.29, 1.82) is 0 Å². The minimum atomic E-state index is -4.98. The molecule has 0 fully saturated rings. The molecule has 0 unspecified atom stereocenters. The Morgan fingerprint density at radius 3 is 2.56 bits per heavy atom. The molecule has 0 bridgehead atoms. The Balaban J connectivity index is 0.00000225. The van der Waals surface area contributed by atoms with Crippen LogP contribution in [-0.4, -0.2) is 17.7 Å². The predicted octanol–water partition coefficient (Wildman–Crippen LogP) is -0.312. The first-order chi connectivity index (χ1) is 6.90. The molecule has 0 atom stereocenters. The summed E-state index contributed by atoms with van der Waals surface area (Å²) in [6.45, 7) is -3.72. The van der Waals surface area contributed by atoms with Crippen LogP contribution in [0.5, 0.6) is 0 Å². The third-order valence-corrected chi connectivity index (χ3v) is 1.67. The average Bonchev–Trinajstić information content (AvgIpc) is 2.14. The van der Waals surface area contributed by atoms with Crippen LogP contribution in [0.1, 0.15) is 23.0 Å². The summed E-state index contributed by atoms with van der Waals surface area (Å²) < 4.78 is 35.8. The van der Waals surface area contributed by atoms with Gasteiger partial charge >= 0.3 is 58.4 Å². The van der Waals surface area contributed by atoms with Gasteiger partial charge in [0, 0.05) is 18.7 Å². The summed E-state index contributed by atoms with van der Waals surface area (Å²) in [5.74, 6) is -0.214. The number of ketones is 1. The Morgan fingerprint density at radius 1 is 1.44 bits per heavy atom. The molecule has 1 aromatic heterocycles. The summed E-state index contributed by atoms with van der Waals surface area (Å²) in [6, 6.07) is 2.90. The Bertz CT molecular complexity index is 406. The standard InChI is InChI=1S/C9H8BF3NO.K/c1-7(15)9-8(3-2-6-14-9)4-5-10(11,12)13;/h2-6H,1H3;/q-1;+1/b5-4+;. The van der Waals surface area contributed by atoms with Crippen molar-refractivity contribution in [3.63, 3.8) is 0 Å². The monoisotopic (exact) mass is 253 g/mol. The van der Waals surface area contributed by atoms with Crippen LogP contribution in [0.25, 0.3) is 6.08 Å². The van der Waals surface area contributed by atoms with Crippen molar-refractivity contribution in [1.82, 2.24) is 4.98 Å². The fraction of sp³-hybridized carbons (Fsp3) is 0.111. The maximum Gasteiger partial charge on any atom is 1.00 e. The fourth-order valence-electron chi connectivity index (χ4n) is 1.06. The second-order valence-electron chi connectivity index (χ2n) is 2.98. The molecule has 1 rings (SSSR count). The first kappa shape index (κ1) is 16.1. The normalized spacial score (nSPS) is 11.2. The van der Waals surface area contributed by atoms with Crippen LogP contribution in [0.2, 0.25) is 0 Å². The van der Waals surface area contributed by atoms with Crippen molar-refractivity contribution < 1.29 is 69.1 Å². The predicted molar refractivity (Wildman–Crippen MR) is 52.4 cm³/mol. The number of hydrogen-bond acceptors (Lipinski definition) is 2. The van der Waals surface area contributed by atoms with Gasteiger partial charge in [0.1, 0.15) is 5.69 Å². The van der Waals surface area contributed by atoms with E-state index in [1.165, 1.54) is 25.3 Å². The van der Waals surface area contributed by atoms with Gasteiger partial charge in [-0.05, 0) is 6.07 Å². The number of carbonyl (C=O) groups is 1. The zero-order valence-corrected chi connectivity index (χ0v) is 12.1. The molecule has 16 heavy (non-hydrogen) atoms. The molecule has 0 aliphatic carbocycles. The topological polar surface area (TPSA) is 30.0 Å². The van der Waals surface area contributed by atoms with Crippen molar-refractivity contribution >= 4 is 18.8 Å². The first-order valence-electron chi connectivity index (χ1n) is 4.25. The maximum atomic E-state index is 11.9. The molecule has 80 valence electrons. The number of nitrogens with zero attached hydrogens (tertiary/aromatic N) is 1. The van der Waals surface area contributed by atoms with E-state index in [1.807, 2.05) is 0 Å². The number of carbonyl (C=O) groups excluding carboxylic acids is 1. The Kier molecular flexibility index (Phi) is 6.73. The molecule has 0 radical (unpaired) electrons. The van der Waals surface area contributed by atoms with Crippen molar-refractivity contribution in [2.24, 2.45) is 0 Å². The second-order valence-corrected chi connectivity index (χ2v) is 2.98. The Labute approximate surface area is 134 Å². The van der Waals surface area contributed by atoms with E-state index in [9.17, 15) is 17.7 Å². The van der Waals surface area contributed by atoms with Crippen LogP contribution in [-0.2, 0) is 0 Å². The molecule has 1 aromatic rings. The summed E-state index contributed by atoms with van der Waals surface area (Å²) in [7, 11) is 0. The minimum absolute atomic E-state index is 0. The number of rotatable bonds is 3. The van der Waals surface area contributed by atoms with Gasteiger partial charge in [-0.2, -0.15) is 0 Å². The molecule has 0 N–H and O–H groups in total. The van der Waals surface area contributed by atoms with Crippen LogP contribution in [0.4, 0.5) is 12.9 Å². The summed E-state index contributed by atoms with van der Waals surface area (Å²) in [6.07, 6.45) is 2.23. The first-order valence-corrected chi connectivity index (χ1v) is 4.25. The molecule has 0 amide bonds. The van der Waals surface area contributed by atoms with Crippen molar-refractivity contribution in [3.8, 4) is 0 Å². The van der Waals surface area contributed by atoms with Crippen molar-refractivity contribution in [2.45, 2.75) is 6.92 Å². The van der Waals surface area contributed by atoms with E-state index < -0.39 is 6.98 Å². The maximum absolute atomic E-state index is 11.9. The third-order valence-electron chi connectivity index (χ3n) is 1.67. The van der Waals surface area contributed by atoms with E-state index in [2.05, 4.69) is 4.98 Å². The molecule has 0 spiro atoms. The van der Waals surface area contributed by atoms with Gasteiger partial charge in [0.25, 0.3) is 0 Å². The summed E-state index contributed by atoms with van der Waals surface area (Å²) in [5, 5.41) is 0. The van der Waals surface area contributed by atoms with E-state index in [0.29, 0.717) is 0 Å². The van der Waals surface area contributed by atoms with E-state index in [1.54, 1.807) is 0 Å². The van der Waals surface area contributed by atoms with Gasteiger partial charge in [-0.15, -0.1) is 5.98 Å². The second kappa shape index (κ2) is 6.71. The van der Waals surface area contributed by atoms with Crippen LogP contribution in [0.3, 0.4) is 0 Å². The Morgan fingerprint density at radius 2 is 2.06 bits per heavy atom. The van der Waals surface area contributed by atoms with Gasteiger partial charge in [0.2, 0.25) is 0 Å². The van der Waals surface area contributed by atoms with Gasteiger partial charge < -0.3 is 12.9 Å². The van der Waals surface area contributed by atoms with Gasteiger partial charge in [-0.1, -0.05) is 12.1 Å². The van der Waals surface area contributed by atoms with Gasteiger partial charge in [0.05, 0.1) is 0 Å². The third kappa shape index (κ3) is 5.40. The van der Waals surface area contributed by atoms with E-state index in [0.717, 1.165) is 6.08 Å². The van der Waals surface area contributed by atoms with E-state index >= 15 is 0 Å². The number of pyridine rings is 1. The number of hydrogen-bond donors (Lipinski definition) is 0. The van der Waals surface area contributed by atoms with Crippen LogP contribution in [0.15, 0.2) is 24.3 Å². The van der Waals surface area contributed by atoms with Gasteiger partial charge in [-0.3, -0.25) is 9.78 Å². The number of Topliss-reactive ketones (excluding diaryl/α,β-unsaturated/α-hetero) is 1. The van der Waals surface area contributed by atoms with Gasteiger partial charge in [-0.25, -0.2) is 0 Å². The zero-order valence-electron chi connectivity index (χ0n) is 8.95. The van der Waals surface area contributed by atoms with Crippen molar-refractivity contribution in [3.05, 3.63) is 35.6 Å². The van der Waals surface area contributed by atoms with Crippen molar-refractivity contribution in [2.75, 3.05) is 0 Å². The molecule has 1 heterocycles. The molecule has 0 saturated heterocycles. The number of halogens is 3. The van der Waals surface area contributed by atoms with Crippen LogP contribution in [0, 0.1) is 0 Å². The molecule has 0 aliphatic rings. The quantitative estimate of drug-likeness (QED) is 0.546. The van der Waals surface area contributed by atoms with Gasteiger partial charge in [0.15, 0.2) is 5.78 Å². The zero-order chi connectivity index (χ0) is 11.5. The number of aromatic nitrogens is 1. The minimum Gasteiger partial charge on any atom is -0.445 e. The van der Waals surface area contributed by atoms with Crippen LogP contribution < -0.4 is 51.4 Å². The summed E-state index contributed by atoms with van der Waals surface area (Å²) >= 11 is 0. The molecular weight excluding hydrogens is 245 g/mol.